The van der Waals surface area contributed by atoms with Gasteiger partial charge in [0.05, 0.1) is 15.6 Å². The zero-order chi connectivity index (χ0) is 19.1. The molecular formula is C20H15Cl2N3OS. The molecule has 1 amide bonds. The lowest BCUT2D eigenvalue weighted by Crippen LogP contribution is -2.12. The van der Waals surface area contributed by atoms with Crippen molar-refractivity contribution in [2.75, 3.05) is 5.32 Å². The number of thiophene rings is 1. The summed E-state index contributed by atoms with van der Waals surface area (Å²) in [6.07, 6.45) is 3.95. The van der Waals surface area contributed by atoms with Gasteiger partial charge < -0.3 is 9.72 Å². The van der Waals surface area contributed by atoms with Crippen LogP contribution in [0.5, 0.6) is 0 Å². The second-order valence-electron chi connectivity index (χ2n) is 6.27. The van der Waals surface area contributed by atoms with Gasteiger partial charge in [0.1, 0.15) is 9.98 Å². The SMILES string of the molecule is Cc1ccc(-c2cn3cccc(C)c3n2)cc1NC(=O)c1cc(Cl)sc1Cl. The molecular weight excluding hydrogens is 401 g/mol. The average molecular weight is 416 g/mol. The van der Waals surface area contributed by atoms with Crippen LogP contribution >= 0.6 is 34.5 Å². The Morgan fingerprint density at radius 3 is 2.67 bits per heavy atom. The molecule has 1 aromatic carbocycles. The second-order valence-corrected chi connectivity index (χ2v) is 8.56. The Morgan fingerprint density at radius 1 is 1.15 bits per heavy atom. The maximum Gasteiger partial charge on any atom is 0.258 e. The van der Waals surface area contributed by atoms with Crippen LogP contribution in [0.4, 0.5) is 5.69 Å². The molecule has 4 rings (SSSR count). The number of hydrogen-bond acceptors (Lipinski definition) is 3. The van der Waals surface area contributed by atoms with Gasteiger partial charge >= 0.3 is 0 Å². The lowest BCUT2D eigenvalue weighted by molar-refractivity contribution is 0.102. The number of carbonyl (C=O) groups excluding carboxylic acids is 1. The quantitative estimate of drug-likeness (QED) is 0.430. The van der Waals surface area contributed by atoms with Crippen LogP contribution in [0.2, 0.25) is 8.67 Å². The van der Waals surface area contributed by atoms with E-state index in [2.05, 4.69) is 5.32 Å². The van der Waals surface area contributed by atoms with E-state index in [-0.39, 0.29) is 5.91 Å². The third kappa shape index (κ3) is 3.46. The Kier molecular flexibility index (Phi) is 4.68. The topological polar surface area (TPSA) is 46.4 Å². The first-order valence-corrected chi connectivity index (χ1v) is 9.81. The van der Waals surface area contributed by atoms with Crippen molar-refractivity contribution in [2.24, 2.45) is 0 Å². The molecule has 0 fully saturated rings. The van der Waals surface area contributed by atoms with Crippen LogP contribution in [0.15, 0.2) is 48.8 Å². The minimum absolute atomic E-state index is 0.283. The summed E-state index contributed by atoms with van der Waals surface area (Å²) >= 11 is 13.2. The molecule has 0 aliphatic heterocycles. The van der Waals surface area contributed by atoms with Gasteiger partial charge in [-0.1, -0.05) is 41.4 Å². The van der Waals surface area contributed by atoms with Crippen LogP contribution in [0, 0.1) is 13.8 Å². The monoisotopic (exact) mass is 415 g/mol. The molecule has 0 atom stereocenters. The predicted molar refractivity (Wildman–Crippen MR) is 112 cm³/mol. The smallest absolute Gasteiger partial charge is 0.258 e. The molecule has 1 N–H and O–H groups in total. The largest absolute Gasteiger partial charge is 0.322 e. The zero-order valence-electron chi connectivity index (χ0n) is 14.6. The number of halogens is 2. The first-order chi connectivity index (χ1) is 12.9. The van der Waals surface area contributed by atoms with Gasteiger partial charge in [-0.05, 0) is 43.2 Å². The first kappa shape index (κ1) is 18.0. The van der Waals surface area contributed by atoms with Crippen LogP contribution in [0.25, 0.3) is 16.9 Å². The summed E-state index contributed by atoms with van der Waals surface area (Å²) < 4.78 is 2.86. The highest BCUT2D eigenvalue weighted by atomic mass is 35.5. The third-order valence-electron chi connectivity index (χ3n) is 4.36. The third-order valence-corrected chi connectivity index (χ3v) is 5.85. The molecule has 4 aromatic rings. The van der Waals surface area contributed by atoms with Crippen molar-refractivity contribution < 1.29 is 4.79 Å². The Hall–Kier alpha value is -2.34. The number of nitrogens with one attached hydrogen (secondary N) is 1. The Labute approximate surface area is 170 Å². The summed E-state index contributed by atoms with van der Waals surface area (Å²) in [6, 6.07) is 11.5. The zero-order valence-corrected chi connectivity index (χ0v) is 16.9. The van der Waals surface area contributed by atoms with E-state index < -0.39 is 0 Å². The van der Waals surface area contributed by atoms with Gasteiger partial charge in [0.25, 0.3) is 5.91 Å². The van der Waals surface area contributed by atoms with E-state index >= 15 is 0 Å². The number of pyridine rings is 1. The molecule has 4 nitrogen and oxygen atoms in total. The Morgan fingerprint density at radius 2 is 1.96 bits per heavy atom. The number of aromatic nitrogens is 2. The molecule has 3 aromatic heterocycles. The normalized spacial score (nSPS) is 11.1. The second kappa shape index (κ2) is 7.00. The Bertz CT molecular complexity index is 1180. The number of rotatable bonds is 3. The van der Waals surface area contributed by atoms with Crippen molar-refractivity contribution in [2.45, 2.75) is 13.8 Å². The molecule has 0 bridgehead atoms. The first-order valence-electron chi connectivity index (χ1n) is 8.24. The van der Waals surface area contributed by atoms with Crippen molar-refractivity contribution in [3.8, 4) is 11.3 Å². The van der Waals surface area contributed by atoms with Crippen molar-refractivity contribution in [3.05, 3.63) is 74.2 Å². The maximum atomic E-state index is 12.6. The van der Waals surface area contributed by atoms with Crippen LogP contribution < -0.4 is 5.32 Å². The summed E-state index contributed by atoms with van der Waals surface area (Å²) in [5, 5.41) is 2.93. The number of carbonyl (C=O) groups is 1. The number of fused-ring (bicyclic) bond motifs is 1. The van der Waals surface area contributed by atoms with Crippen LogP contribution in [-0.2, 0) is 0 Å². The summed E-state index contributed by atoms with van der Waals surface area (Å²) in [5.41, 5.74) is 5.82. The Balaban J connectivity index is 1.69. The van der Waals surface area contributed by atoms with Crippen LogP contribution in [0.1, 0.15) is 21.5 Å². The molecule has 0 aliphatic carbocycles. The van der Waals surface area contributed by atoms with Gasteiger partial charge in [0, 0.05) is 23.6 Å². The number of benzene rings is 1. The maximum absolute atomic E-state index is 12.6. The molecule has 27 heavy (non-hydrogen) atoms. The highest BCUT2D eigenvalue weighted by Gasteiger charge is 2.16. The number of imidazole rings is 1. The van der Waals surface area contributed by atoms with Gasteiger partial charge in [-0.25, -0.2) is 4.98 Å². The van der Waals surface area contributed by atoms with Crippen molar-refractivity contribution >= 4 is 51.8 Å². The van der Waals surface area contributed by atoms with Gasteiger partial charge in [0.15, 0.2) is 0 Å². The van der Waals surface area contributed by atoms with E-state index in [0.717, 1.165) is 28.0 Å². The lowest BCUT2D eigenvalue weighted by atomic mass is 10.1. The molecule has 0 spiro atoms. The average Bonchev–Trinajstić information content (AvgIpc) is 3.20. The molecule has 0 radical (unpaired) electrons. The molecule has 136 valence electrons. The minimum Gasteiger partial charge on any atom is -0.322 e. The predicted octanol–water partition coefficient (Wildman–Crippen LogP) is 6.24. The van der Waals surface area contributed by atoms with Gasteiger partial charge in [0.2, 0.25) is 0 Å². The van der Waals surface area contributed by atoms with Crippen LogP contribution in [0.3, 0.4) is 0 Å². The van der Waals surface area contributed by atoms with E-state index in [1.807, 2.05) is 61.0 Å². The van der Waals surface area contributed by atoms with E-state index in [1.54, 1.807) is 6.07 Å². The fraction of sp³-hybridized carbons (Fsp3) is 0.100. The van der Waals surface area contributed by atoms with E-state index in [9.17, 15) is 4.79 Å². The number of nitrogens with zero attached hydrogens (tertiary/aromatic N) is 2. The standard InChI is InChI=1S/C20H15Cl2N3OS/c1-11-5-6-13(16-10-25-7-3-4-12(2)19(25)23-16)8-15(11)24-20(26)14-9-17(21)27-18(14)22/h3-10H,1-2H3,(H,24,26). The lowest BCUT2D eigenvalue weighted by Gasteiger charge is -2.09. The summed E-state index contributed by atoms with van der Waals surface area (Å²) in [7, 11) is 0. The fourth-order valence-electron chi connectivity index (χ4n) is 2.89. The highest BCUT2D eigenvalue weighted by molar-refractivity contribution is 7.20. The van der Waals surface area contributed by atoms with Crippen LogP contribution in [-0.4, -0.2) is 15.3 Å². The van der Waals surface area contributed by atoms with Crippen molar-refractivity contribution in [1.82, 2.24) is 9.38 Å². The highest BCUT2D eigenvalue weighted by Crippen LogP contribution is 2.32. The van der Waals surface area contributed by atoms with Crippen molar-refractivity contribution in [1.29, 1.82) is 0 Å². The van der Waals surface area contributed by atoms with Crippen molar-refractivity contribution in [3.63, 3.8) is 0 Å². The summed E-state index contributed by atoms with van der Waals surface area (Å²) in [6.45, 7) is 3.97. The van der Waals surface area contributed by atoms with E-state index in [0.29, 0.717) is 19.9 Å². The molecule has 7 heteroatoms. The van der Waals surface area contributed by atoms with Gasteiger partial charge in [-0.2, -0.15) is 0 Å². The summed E-state index contributed by atoms with van der Waals surface area (Å²) in [5.74, 6) is -0.283. The fourth-order valence-corrected chi connectivity index (χ4v) is 4.35. The van der Waals surface area contributed by atoms with E-state index in [1.165, 1.54) is 11.3 Å². The number of amides is 1. The number of hydrogen-bond donors (Lipinski definition) is 1. The molecule has 3 heterocycles. The van der Waals surface area contributed by atoms with Gasteiger partial charge in [-0.15, -0.1) is 11.3 Å². The number of aryl methyl sites for hydroxylation is 2. The molecule has 0 aliphatic rings. The molecule has 0 saturated heterocycles. The van der Waals surface area contributed by atoms with Gasteiger partial charge in [-0.3, -0.25) is 4.79 Å². The summed E-state index contributed by atoms with van der Waals surface area (Å²) in [4.78, 5) is 17.3. The molecule has 0 unspecified atom stereocenters. The minimum atomic E-state index is -0.283. The van der Waals surface area contributed by atoms with E-state index in [4.69, 9.17) is 28.2 Å². The molecule has 0 saturated carbocycles. The number of anilines is 1.